The van der Waals surface area contributed by atoms with Crippen molar-refractivity contribution < 1.29 is 18.0 Å². The van der Waals surface area contributed by atoms with Gasteiger partial charge >= 0.3 is 0 Å². The average Bonchev–Trinajstić information content (AvgIpc) is 3.02. The smallest absolute Gasteiger partial charge is 0.242 e. The minimum Gasteiger partial charge on any atom is -0.341 e. The number of hydrogen-bond acceptors (Lipinski definition) is 4. The summed E-state index contributed by atoms with van der Waals surface area (Å²) in [5.41, 5.74) is 6.48. The Hall–Kier alpha value is -2.29. The molecule has 0 bridgehead atoms. The van der Waals surface area contributed by atoms with Crippen molar-refractivity contribution in [1.82, 2.24) is 14.5 Å². The third-order valence-corrected chi connectivity index (χ3v) is 6.05. The molecule has 3 heterocycles. The normalized spacial score (nSPS) is 23.8. The summed E-state index contributed by atoms with van der Waals surface area (Å²) in [7, 11) is 0. The van der Waals surface area contributed by atoms with Gasteiger partial charge in [-0.15, -0.1) is 0 Å². The van der Waals surface area contributed by atoms with E-state index in [-0.39, 0.29) is 30.9 Å². The van der Waals surface area contributed by atoms with Crippen molar-refractivity contribution >= 4 is 22.9 Å². The number of imidazole rings is 1. The first-order valence-electron chi connectivity index (χ1n) is 10.1. The molecule has 2 aromatic rings. The Kier molecular flexibility index (Phi) is 5.42. The molecule has 2 aliphatic heterocycles. The SMILES string of the molecule is CC1CCN(C(=O)Cn2c(N3CC[C@@H](F)[C@H](N)C3)nc3cc(F)c(F)cc32)CC1. The first-order chi connectivity index (χ1) is 13.8. The van der Waals surface area contributed by atoms with Crippen LogP contribution in [-0.2, 0) is 11.3 Å². The number of fused-ring (bicyclic) bond motifs is 1. The molecule has 0 saturated carbocycles. The van der Waals surface area contributed by atoms with Crippen LogP contribution in [0.25, 0.3) is 11.0 Å². The quantitative estimate of drug-likeness (QED) is 0.846. The van der Waals surface area contributed by atoms with Crippen LogP contribution in [0, 0.1) is 17.6 Å². The van der Waals surface area contributed by atoms with Crippen molar-refractivity contribution in [1.29, 1.82) is 0 Å². The van der Waals surface area contributed by atoms with Crippen LogP contribution in [0.1, 0.15) is 26.2 Å². The lowest BCUT2D eigenvalue weighted by Crippen LogP contribution is -2.50. The Morgan fingerprint density at radius 1 is 1.17 bits per heavy atom. The number of benzene rings is 1. The summed E-state index contributed by atoms with van der Waals surface area (Å²) in [6.45, 7) is 4.10. The highest BCUT2D eigenvalue weighted by molar-refractivity contribution is 5.83. The van der Waals surface area contributed by atoms with Gasteiger partial charge in [-0.25, -0.2) is 18.2 Å². The van der Waals surface area contributed by atoms with Gasteiger partial charge in [0.25, 0.3) is 0 Å². The third-order valence-electron chi connectivity index (χ3n) is 6.05. The van der Waals surface area contributed by atoms with Crippen LogP contribution >= 0.6 is 0 Å². The van der Waals surface area contributed by atoms with Gasteiger partial charge in [-0.3, -0.25) is 4.79 Å². The Morgan fingerprint density at radius 3 is 2.55 bits per heavy atom. The lowest BCUT2D eigenvalue weighted by atomic mass is 9.99. The van der Waals surface area contributed by atoms with Gasteiger partial charge in [0.15, 0.2) is 11.6 Å². The molecule has 29 heavy (non-hydrogen) atoms. The highest BCUT2D eigenvalue weighted by atomic mass is 19.2. The second-order valence-corrected chi connectivity index (χ2v) is 8.23. The van der Waals surface area contributed by atoms with E-state index in [9.17, 15) is 18.0 Å². The Bertz CT molecular complexity index is 909. The van der Waals surface area contributed by atoms with Crippen LogP contribution in [0.3, 0.4) is 0 Å². The Balaban J connectivity index is 1.68. The molecule has 2 N–H and O–H groups in total. The van der Waals surface area contributed by atoms with Crippen molar-refractivity contribution in [2.75, 3.05) is 31.1 Å². The summed E-state index contributed by atoms with van der Waals surface area (Å²) >= 11 is 0. The molecular weight excluding hydrogens is 383 g/mol. The zero-order chi connectivity index (χ0) is 20.7. The molecule has 2 fully saturated rings. The molecule has 0 spiro atoms. The predicted octanol–water partition coefficient (Wildman–Crippen LogP) is 2.45. The zero-order valence-corrected chi connectivity index (χ0v) is 16.5. The Morgan fingerprint density at radius 2 is 1.86 bits per heavy atom. The number of amides is 1. The van der Waals surface area contributed by atoms with E-state index < -0.39 is 23.8 Å². The molecule has 0 unspecified atom stereocenters. The lowest BCUT2D eigenvalue weighted by Gasteiger charge is -2.34. The van der Waals surface area contributed by atoms with E-state index >= 15 is 0 Å². The minimum atomic E-state index is -1.10. The van der Waals surface area contributed by atoms with Gasteiger partial charge in [0.2, 0.25) is 11.9 Å². The number of likely N-dealkylation sites (tertiary alicyclic amines) is 1. The molecule has 2 saturated heterocycles. The third kappa shape index (κ3) is 3.92. The number of halogens is 3. The number of hydrogen-bond donors (Lipinski definition) is 1. The van der Waals surface area contributed by atoms with Gasteiger partial charge in [0, 0.05) is 38.3 Å². The first kappa shape index (κ1) is 20.0. The van der Waals surface area contributed by atoms with Crippen molar-refractivity contribution in [3.8, 4) is 0 Å². The lowest BCUT2D eigenvalue weighted by molar-refractivity contribution is -0.133. The topological polar surface area (TPSA) is 67.4 Å². The molecule has 2 atom stereocenters. The molecule has 1 amide bonds. The number of piperidine rings is 2. The molecule has 158 valence electrons. The van der Waals surface area contributed by atoms with Crippen LogP contribution < -0.4 is 10.6 Å². The molecule has 6 nitrogen and oxygen atoms in total. The van der Waals surface area contributed by atoms with Crippen molar-refractivity contribution in [3.63, 3.8) is 0 Å². The fourth-order valence-electron chi connectivity index (χ4n) is 4.13. The highest BCUT2D eigenvalue weighted by Gasteiger charge is 2.30. The number of rotatable bonds is 3. The molecule has 1 aromatic heterocycles. The van der Waals surface area contributed by atoms with Crippen molar-refractivity contribution in [2.45, 2.75) is 44.9 Å². The summed E-state index contributed by atoms with van der Waals surface area (Å²) < 4.78 is 43.1. The largest absolute Gasteiger partial charge is 0.341 e. The second kappa shape index (κ2) is 7.85. The number of carbonyl (C=O) groups is 1. The molecule has 4 rings (SSSR count). The van der Waals surface area contributed by atoms with Gasteiger partial charge < -0.3 is 20.1 Å². The number of carbonyl (C=O) groups excluding carboxylic acids is 1. The summed E-state index contributed by atoms with van der Waals surface area (Å²) in [4.78, 5) is 21.0. The molecule has 0 radical (unpaired) electrons. The van der Waals surface area contributed by atoms with Gasteiger partial charge in [-0.05, 0) is 25.2 Å². The standard InChI is InChI=1S/C20H26F3N5O/c1-12-2-5-26(6-3-12)19(29)11-28-18-9-15(23)14(22)8-17(18)25-20(28)27-7-4-13(21)16(24)10-27/h8-9,12-13,16H,2-7,10-11,24H2,1H3/t13-,16-/m1/s1. The maximum atomic E-state index is 13.9. The van der Waals surface area contributed by atoms with E-state index in [2.05, 4.69) is 11.9 Å². The molecule has 0 aliphatic carbocycles. The first-order valence-corrected chi connectivity index (χ1v) is 10.1. The number of nitrogens with zero attached hydrogens (tertiary/aromatic N) is 4. The number of aromatic nitrogens is 2. The van der Waals surface area contributed by atoms with Crippen LogP contribution in [0.2, 0.25) is 0 Å². The van der Waals surface area contributed by atoms with E-state index in [0.717, 1.165) is 25.0 Å². The van der Waals surface area contributed by atoms with E-state index in [1.165, 1.54) is 0 Å². The van der Waals surface area contributed by atoms with Gasteiger partial charge in [-0.1, -0.05) is 6.92 Å². The summed E-state index contributed by atoms with van der Waals surface area (Å²) in [5.74, 6) is -1.10. The number of anilines is 1. The monoisotopic (exact) mass is 409 g/mol. The average molecular weight is 409 g/mol. The Labute approximate surface area is 167 Å². The van der Waals surface area contributed by atoms with E-state index in [1.807, 2.05) is 0 Å². The molecular formula is C20H26F3N5O. The summed E-state index contributed by atoms with van der Waals surface area (Å²) in [6.07, 6.45) is 1.03. The van der Waals surface area contributed by atoms with E-state index in [0.29, 0.717) is 37.0 Å². The van der Waals surface area contributed by atoms with Crippen molar-refractivity contribution in [3.05, 3.63) is 23.8 Å². The predicted molar refractivity (Wildman–Crippen MR) is 104 cm³/mol. The maximum absolute atomic E-state index is 13.9. The molecule has 1 aromatic carbocycles. The van der Waals surface area contributed by atoms with E-state index in [4.69, 9.17) is 5.73 Å². The summed E-state index contributed by atoms with van der Waals surface area (Å²) in [5, 5.41) is 0. The molecule has 2 aliphatic rings. The molecule has 9 heteroatoms. The summed E-state index contributed by atoms with van der Waals surface area (Å²) in [6, 6.07) is 1.42. The maximum Gasteiger partial charge on any atom is 0.242 e. The zero-order valence-electron chi connectivity index (χ0n) is 16.5. The van der Waals surface area contributed by atoms with Gasteiger partial charge in [0.05, 0.1) is 17.1 Å². The second-order valence-electron chi connectivity index (χ2n) is 8.23. The fourth-order valence-corrected chi connectivity index (χ4v) is 4.13. The fraction of sp³-hybridized carbons (Fsp3) is 0.600. The van der Waals surface area contributed by atoms with Crippen LogP contribution in [-0.4, -0.2) is 58.8 Å². The van der Waals surface area contributed by atoms with Crippen LogP contribution in [0.4, 0.5) is 19.1 Å². The van der Waals surface area contributed by atoms with E-state index in [1.54, 1.807) is 14.4 Å². The number of nitrogens with two attached hydrogens (primary N) is 1. The van der Waals surface area contributed by atoms with Gasteiger partial charge in [0.1, 0.15) is 12.7 Å². The van der Waals surface area contributed by atoms with Crippen molar-refractivity contribution in [2.24, 2.45) is 11.7 Å². The highest BCUT2D eigenvalue weighted by Crippen LogP contribution is 2.28. The minimum absolute atomic E-state index is 0.0317. The van der Waals surface area contributed by atoms with Crippen LogP contribution in [0.15, 0.2) is 12.1 Å². The van der Waals surface area contributed by atoms with Gasteiger partial charge in [-0.2, -0.15) is 0 Å². The number of alkyl halides is 1. The van der Waals surface area contributed by atoms with Crippen LogP contribution in [0.5, 0.6) is 0 Å².